The predicted octanol–water partition coefficient (Wildman–Crippen LogP) is 2.98. The Morgan fingerprint density at radius 2 is 2.16 bits per heavy atom. The van der Waals surface area contributed by atoms with Gasteiger partial charge in [-0.25, -0.2) is 0 Å². The van der Waals surface area contributed by atoms with Crippen molar-refractivity contribution in [3.8, 4) is 0 Å². The van der Waals surface area contributed by atoms with Crippen LogP contribution in [0.1, 0.15) is 30.2 Å². The molecule has 0 saturated carbocycles. The molecule has 0 aliphatic carbocycles. The average molecular weight is 256 g/mol. The number of ether oxygens (including phenoxy) is 1. The van der Waals surface area contributed by atoms with Crippen LogP contribution in [0.5, 0.6) is 0 Å². The minimum absolute atomic E-state index is 0.179. The maximum absolute atomic E-state index is 5.99. The lowest BCUT2D eigenvalue weighted by Gasteiger charge is -2.30. The Labute approximate surface area is 114 Å². The van der Waals surface area contributed by atoms with Crippen molar-refractivity contribution < 1.29 is 4.74 Å². The molecule has 1 aliphatic rings. The number of nitrogens with zero attached hydrogens (tertiary/aromatic N) is 1. The molecule has 2 heterocycles. The lowest BCUT2D eigenvalue weighted by atomic mass is 9.94. The molecule has 3 nitrogen and oxygen atoms in total. The van der Waals surface area contributed by atoms with Gasteiger partial charge in [0.15, 0.2) is 0 Å². The van der Waals surface area contributed by atoms with Crippen molar-refractivity contribution in [3.05, 3.63) is 41.6 Å². The minimum Gasteiger partial charge on any atom is -0.373 e. The van der Waals surface area contributed by atoms with E-state index in [1.54, 1.807) is 0 Å². The summed E-state index contributed by atoms with van der Waals surface area (Å²) in [5, 5.41) is 4.59. The minimum atomic E-state index is 0.179. The molecule has 1 saturated heterocycles. The van der Waals surface area contributed by atoms with Gasteiger partial charge >= 0.3 is 0 Å². The third-order valence-corrected chi connectivity index (χ3v) is 3.92. The van der Waals surface area contributed by atoms with Crippen LogP contribution in [0.2, 0.25) is 0 Å². The molecule has 19 heavy (non-hydrogen) atoms. The molecule has 0 radical (unpaired) electrons. The molecular weight excluding hydrogens is 236 g/mol. The fourth-order valence-corrected chi connectivity index (χ4v) is 2.88. The van der Waals surface area contributed by atoms with Gasteiger partial charge in [-0.2, -0.15) is 0 Å². The van der Waals surface area contributed by atoms with Crippen LogP contribution < -0.4 is 5.32 Å². The number of pyridine rings is 1. The van der Waals surface area contributed by atoms with E-state index in [0.717, 1.165) is 30.7 Å². The van der Waals surface area contributed by atoms with E-state index >= 15 is 0 Å². The first-order valence-electron chi connectivity index (χ1n) is 6.93. The monoisotopic (exact) mass is 256 g/mol. The van der Waals surface area contributed by atoms with Crippen molar-refractivity contribution in [1.82, 2.24) is 10.3 Å². The molecule has 3 rings (SSSR count). The zero-order chi connectivity index (χ0) is 13.2. The van der Waals surface area contributed by atoms with Gasteiger partial charge < -0.3 is 10.1 Å². The van der Waals surface area contributed by atoms with Crippen LogP contribution in [0.25, 0.3) is 10.9 Å². The summed E-state index contributed by atoms with van der Waals surface area (Å²) in [5.74, 6) is 0. The lowest BCUT2D eigenvalue weighted by Crippen LogP contribution is -2.33. The third-order valence-electron chi connectivity index (χ3n) is 3.92. The second-order valence-electron chi connectivity index (χ2n) is 5.24. The summed E-state index contributed by atoms with van der Waals surface area (Å²) in [6, 6.07) is 11.0. The second kappa shape index (κ2) is 5.27. The third kappa shape index (κ3) is 2.48. The zero-order valence-electron chi connectivity index (χ0n) is 11.5. The van der Waals surface area contributed by atoms with E-state index in [2.05, 4.69) is 34.6 Å². The molecule has 2 unspecified atom stereocenters. The quantitative estimate of drug-likeness (QED) is 0.897. The summed E-state index contributed by atoms with van der Waals surface area (Å²) in [6.07, 6.45) is 2.30. The summed E-state index contributed by atoms with van der Waals surface area (Å²) in [6.45, 7) is 2.88. The highest BCUT2D eigenvalue weighted by atomic mass is 16.5. The van der Waals surface area contributed by atoms with Crippen molar-refractivity contribution in [2.75, 3.05) is 13.7 Å². The van der Waals surface area contributed by atoms with Gasteiger partial charge in [-0.05, 0) is 44.5 Å². The molecule has 0 amide bonds. The fourth-order valence-electron chi connectivity index (χ4n) is 2.88. The molecule has 100 valence electrons. The molecule has 1 aromatic carbocycles. The number of aromatic nitrogens is 1. The van der Waals surface area contributed by atoms with Crippen LogP contribution in [0.15, 0.2) is 30.3 Å². The predicted molar refractivity (Wildman–Crippen MR) is 77.3 cm³/mol. The number of hydrogen-bond acceptors (Lipinski definition) is 3. The Morgan fingerprint density at radius 1 is 1.32 bits per heavy atom. The van der Waals surface area contributed by atoms with Crippen LogP contribution >= 0.6 is 0 Å². The van der Waals surface area contributed by atoms with E-state index < -0.39 is 0 Å². The normalized spacial score (nSPS) is 23.7. The maximum atomic E-state index is 5.99. The second-order valence-corrected chi connectivity index (χ2v) is 5.24. The lowest BCUT2D eigenvalue weighted by molar-refractivity contribution is 0.00234. The molecule has 1 fully saturated rings. The number of rotatable bonds is 2. The zero-order valence-corrected chi connectivity index (χ0v) is 11.5. The molecule has 0 spiro atoms. The van der Waals surface area contributed by atoms with Crippen LogP contribution in [0, 0.1) is 6.92 Å². The number of hydrogen-bond donors (Lipinski definition) is 1. The van der Waals surface area contributed by atoms with Gasteiger partial charge in [0.05, 0.1) is 11.6 Å². The first kappa shape index (κ1) is 12.6. The molecular formula is C16H20N2O. The van der Waals surface area contributed by atoms with Crippen molar-refractivity contribution in [3.63, 3.8) is 0 Å². The van der Waals surface area contributed by atoms with Gasteiger partial charge in [0.25, 0.3) is 0 Å². The first-order chi connectivity index (χ1) is 9.28. The van der Waals surface area contributed by atoms with E-state index in [4.69, 9.17) is 4.74 Å². The van der Waals surface area contributed by atoms with Crippen molar-refractivity contribution in [2.45, 2.75) is 31.9 Å². The van der Waals surface area contributed by atoms with E-state index in [-0.39, 0.29) is 6.10 Å². The van der Waals surface area contributed by atoms with Gasteiger partial charge in [-0.3, -0.25) is 4.98 Å². The van der Waals surface area contributed by atoms with Gasteiger partial charge in [0.2, 0.25) is 0 Å². The van der Waals surface area contributed by atoms with Crippen LogP contribution in [-0.2, 0) is 4.74 Å². The van der Waals surface area contributed by atoms with Crippen LogP contribution in [0.4, 0.5) is 0 Å². The highest BCUT2D eigenvalue weighted by Gasteiger charge is 2.24. The Balaban J connectivity index is 2.03. The SMILES string of the molecule is CNC1CCOC(c2cc(C)nc3ccccc23)C1. The topological polar surface area (TPSA) is 34.1 Å². The molecule has 2 atom stereocenters. The smallest absolute Gasteiger partial charge is 0.0847 e. The summed E-state index contributed by atoms with van der Waals surface area (Å²) in [4.78, 5) is 4.60. The standard InChI is InChI=1S/C16H20N2O/c1-11-9-14(13-5-3-4-6-15(13)18-11)16-10-12(17-2)7-8-19-16/h3-6,9,12,16-17H,7-8,10H2,1-2H3. The Kier molecular flexibility index (Phi) is 3.49. The van der Waals surface area contributed by atoms with Crippen LogP contribution in [-0.4, -0.2) is 24.7 Å². The Morgan fingerprint density at radius 3 is 3.00 bits per heavy atom. The molecule has 0 bridgehead atoms. The average Bonchev–Trinajstić information content (AvgIpc) is 2.46. The fraction of sp³-hybridized carbons (Fsp3) is 0.438. The van der Waals surface area contributed by atoms with Gasteiger partial charge in [0.1, 0.15) is 0 Å². The number of aryl methyl sites for hydroxylation is 1. The van der Waals surface area contributed by atoms with Crippen LogP contribution in [0.3, 0.4) is 0 Å². The van der Waals surface area contributed by atoms with Crippen molar-refractivity contribution in [2.24, 2.45) is 0 Å². The number of nitrogens with one attached hydrogen (secondary N) is 1. The van der Waals surface area contributed by atoms with E-state index in [0.29, 0.717) is 6.04 Å². The number of fused-ring (bicyclic) bond motifs is 1. The summed E-state index contributed by atoms with van der Waals surface area (Å²) in [7, 11) is 2.03. The summed E-state index contributed by atoms with van der Waals surface area (Å²) >= 11 is 0. The molecule has 1 N–H and O–H groups in total. The number of para-hydroxylation sites is 1. The van der Waals surface area contributed by atoms with Crippen molar-refractivity contribution in [1.29, 1.82) is 0 Å². The largest absolute Gasteiger partial charge is 0.373 e. The van der Waals surface area contributed by atoms with E-state index in [1.807, 2.05) is 20.0 Å². The van der Waals surface area contributed by atoms with Gasteiger partial charge in [0, 0.05) is 23.7 Å². The van der Waals surface area contributed by atoms with Gasteiger partial charge in [-0.15, -0.1) is 0 Å². The Hall–Kier alpha value is -1.45. The maximum Gasteiger partial charge on any atom is 0.0847 e. The molecule has 1 aromatic heterocycles. The summed E-state index contributed by atoms with van der Waals surface area (Å²) < 4.78 is 5.99. The van der Waals surface area contributed by atoms with E-state index in [1.165, 1.54) is 10.9 Å². The van der Waals surface area contributed by atoms with Gasteiger partial charge in [-0.1, -0.05) is 18.2 Å². The molecule has 3 heteroatoms. The number of benzene rings is 1. The van der Waals surface area contributed by atoms with Crippen molar-refractivity contribution >= 4 is 10.9 Å². The Bertz CT molecular complexity index is 582. The highest BCUT2D eigenvalue weighted by molar-refractivity contribution is 5.82. The summed E-state index contributed by atoms with van der Waals surface area (Å²) in [5.41, 5.74) is 3.40. The highest BCUT2D eigenvalue weighted by Crippen LogP contribution is 2.32. The first-order valence-corrected chi connectivity index (χ1v) is 6.93. The van der Waals surface area contributed by atoms with E-state index in [9.17, 15) is 0 Å². The molecule has 2 aromatic rings. The molecule has 1 aliphatic heterocycles.